The molecule has 0 unspecified atom stereocenters. The zero-order valence-electron chi connectivity index (χ0n) is 17.2. The molecule has 1 aromatic carbocycles. The largest absolute Gasteiger partial charge is 0.453 e. The first kappa shape index (κ1) is 21.4. The lowest BCUT2D eigenvalue weighted by atomic mass is 10.1. The summed E-state index contributed by atoms with van der Waals surface area (Å²) in [5.74, 6) is -1.34. The third-order valence-electron chi connectivity index (χ3n) is 4.89. The van der Waals surface area contributed by atoms with Gasteiger partial charge in [0.1, 0.15) is 5.82 Å². The summed E-state index contributed by atoms with van der Waals surface area (Å²) in [6, 6.07) is 7.43. The van der Waals surface area contributed by atoms with Crippen LogP contribution in [0.2, 0.25) is 0 Å². The van der Waals surface area contributed by atoms with Gasteiger partial charge in [-0.05, 0) is 50.6 Å². The van der Waals surface area contributed by atoms with E-state index in [4.69, 9.17) is 9.47 Å². The van der Waals surface area contributed by atoms with E-state index in [1.165, 1.54) is 41.4 Å². The van der Waals surface area contributed by atoms with E-state index in [2.05, 4.69) is 9.55 Å². The Hall–Kier alpha value is -3.26. The van der Waals surface area contributed by atoms with Crippen LogP contribution in [0.5, 0.6) is 0 Å². The van der Waals surface area contributed by atoms with E-state index in [-0.39, 0.29) is 23.9 Å². The Morgan fingerprint density at radius 2 is 1.90 bits per heavy atom. The molecule has 0 aliphatic heterocycles. The van der Waals surface area contributed by atoms with Gasteiger partial charge in [-0.15, -0.1) is 0 Å². The van der Waals surface area contributed by atoms with Gasteiger partial charge in [0, 0.05) is 42.9 Å². The predicted molar refractivity (Wildman–Crippen MR) is 109 cm³/mol. The van der Waals surface area contributed by atoms with Gasteiger partial charge in [0.2, 0.25) is 5.78 Å². The molecule has 158 valence electrons. The van der Waals surface area contributed by atoms with Crippen molar-refractivity contribution in [2.24, 2.45) is 0 Å². The lowest BCUT2D eigenvalue weighted by Gasteiger charge is -2.10. The first-order valence-corrected chi connectivity index (χ1v) is 9.56. The number of Topliss-reactive ketones (excluding diaryl/α,β-unsaturated/α-hetero) is 1. The van der Waals surface area contributed by atoms with Crippen LogP contribution >= 0.6 is 0 Å². The monoisotopic (exact) mass is 413 g/mol. The second kappa shape index (κ2) is 9.49. The minimum Gasteiger partial charge on any atom is -0.453 e. The number of benzene rings is 1. The van der Waals surface area contributed by atoms with Crippen LogP contribution in [0.1, 0.15) is 38.7 Å². The number of halogens is 1. The second-order valence-electron chi connectivity index (χ2n) is 6.91. The van der Waals surface area contributed by atoms with E-state index in [0.717, 1.165) is 24.4 Å². The molecule has 0 saturated carbocycles. The number of aromatic nitrogens is 3. The molecule has 0 N–H and O–H groups in total. The van der Waals surface area contributed by atoms with E-state index in [1.54, 1.807) is 13.2 Å². The molecule has 2 heterocycles. The van der Waals surface area contributed by atoms with Crippen molar-refractivity contribution < 1.29 is 23.5 Å². The summed E-state index contributed by atoms with van der Waals surface area (Å²) in [6.07, 6.45) is 3.61. The van der Waals surface area contributed by atoms with E-state index in [0.29, 0.717) is 17.9 Å². The first-order chi connectivity index (χ1) is 14.4. The third-order valence-corrected chi connectivity index (χ3v) is 4.89. The van der Waals surface area contributed by atoms with E-state index in [1.807, 2.05) is 13.8 Å². The van der Waals surface area contributed by atoms with Crippen LogP contribution in [0.4, 0.5) is 4.39 Å². The fourth-order valence-corrected chi connectivity index (χ4v) is 3.33. The smallest absolute Gasteiger partial charge is 0.357 e. The van der Waals surface area contributed by atoms with Crippen molar-refractivity contribution in [3.8, 4) is 5.69 Å². The highest BCUT2D eigenvalue weighted by Gasteiger charge is 2.20. The van der Waals surface area contributed by atoms with Crippen LogP contribution in [0, 0.1) is 19.7 Å². The van der Waals surface area contributed by atoms with Crippen LogP contribution in [0.15, 0.2) is 42.9 Å². The number of carbonyl (C=O) groups is 2. The molecule has 0 radical (unpaired) electrons. The van der Waals surface area contributed by atoms with Gasteiger partial charge in [-0.1, -0.05) is 0 Å². The number of hydrogen-bond acceptors (Lipinski definition) is 5. The summed E-state index contributed by atoms with van der Waals surface area (Å²) in [6.45, 7) is 4.81. The maximum absolute atomic E-state index is 13.1. The Labute approximate surface area is 174 Å². The summed E-state index contributed by atoms with van der Waals surface area (Å²) in [5.41, 5.74) is 3.05. The van der Waals surface area contributed by atoms with Crippen molar-refractivity contribution in [1.82, 2.24) is 14.1 Å². The maximum Gasteiger partial charge on any atom is 0.357 e. The Balaban J connectivity index is 1.67. The minimum absolute atomic E-state index is 0.152. The summed E-state index contributed by atoms with van der Waals surface area (Å²) < 4.78 is 27.0. The SMILES string of the molecule is COCCCn1c(C)cc(C(=O)COC(=O)c2cncn2-c2ccc(F)cc2)c1C. The zero-order valence-corrected chi connectivity index (χ0v) is 17.2. The fraction of sp³-hybridized carbons (Fsp3) is 0.318. The zero-order chi connectivity index (χ0) is 21.7. The molecule has 0 aliphatic rings. The number of rotatable bonds is 9. The van der Waals surface area contributed by atoms with Crippen molar-refractivity contribution in [3.05, 3.63) is 71.3 Å². The highest BCUT2D eigenvalue weighted by Crippen LogP contribution is 2.17. The minimum atomic E-state index is -0.681. The fourth-order valence-electron chi connectivity index (χ4n) is 3.33. The summed E-state index contributed by atoms with van der Waals surface area (Å²) >= 11 is 0. The van der Waals surface area contributed by atoms with Crippen molar-refractivity contribution >= 4 is 11.8 Å². The average Bonchev–Trinajstić information content (AvgIpc) is 3.33. The normalized spacial score (nSPS) is 10.9. The van der Waals surface area contributed by atoms with Crippen molar-refractivity contribution in [1.29, 1.82) is 0 Å². The first-order valence-electron chi connectivity index (χ1n) is 9.56. The molecular weight excluding hydrogens is 389 g/mol. The van der Waals surface area contributed by atoms with Gasteiger partial charge in [-0.2, -0.15) is 0 Å². The molecule has 8 heteroatoms. The molecule has 0 saturated heterocycles. The standard InChI is InChI=1S/C22H24FN3O4/c1-15-11-19(16(2)25(15)9-4-10-29-3)21(27)13-30-22(28)20-12-24-14-26(20)18-7-5-17(23)6-8-18/h5-8,11-12,14H,4,9-10,13H2,1-3H3. The molecule has 0 amide bonds. The van der Waals surface area contributed by atoms with Crippen LogP contribution in [-0.2, 0) is 16.0 Å². The molecule has 0 spiro atoms. The van der Waals surface area contributed by atoms with Crippen molar-refractivity contribution in [2.45, 2.75) is 26.8 Å². The number of carbonyl (C=O) groups excluding carboxylic acids is 2. The molecule has 3 aromatic rings. The van der Waals surface area contributed by atoms with E-state index in [9.17, 15) is 14.0 Å². The van der Waals surface area contributed by atoms with Crippen LogP contribution in [0.3, 0.4) is 0 Å². The van der Waals surface area contributed by atoms with Crippen molar-refractivity contribution in [2.75, 3.05) is 20.3 Å². The van der Waals surface area contributed by atoms with Crippen molar-refractivity contribution in [3.63, 3.8) is 0 Å². The molecule has 0 aliphatic carbocycles. The number of ketones is 1. The number of imidazole rings is 1. The Kier molecular flexibility index (Phi) is 6.79. The number of aryl methyl sites for hydroxylation is 1. The number of hydrogen-bond donors (Lipinski definition) is 0. The summed E-state index contributed by atoms with van der Waals surface area (Å²) in [7, 11) is 1.65. The highest BCUT2D eigenvalue weighted by molar-refractivity contribution is 6.00. The van der Waals surface area contributed by atoms with Crippen LogP contribution in [0.25, 0.3) is 5.69 Å². The molecule has 30 heavy (non-hydrogen) atoms. The summed E-state index contributed by atoms with van der Waals surface area (Å²) in [4.78, 5) is 29.1. The average molecular weight is 413 g/mol. The Morgan fingerprint density at radius 1 is 1.17 bits per heavy atom. The molecule has 0 atom stereocenters. The van der Waals surface area contributed by atoms with Gasteiger partial charge in [0.25, 0.3) is 0 Å². The lowest BCUT2D eigenvalue weighted by molar-refractivity contribution is 0.0466. The number of methoxy groups -OCH3 is 1. The number of ether oxygens (including phenoxy) is 2. The highest BCUT2D eigenvalue weighted by atomic mass is 19.1. The maximum atomic E-state index is 13.1. The molecule has 7 nitrogen and oxygen atoms in total. The topological polar surface area (TPSA) is 75.3 Å². The van der Waals surface area contributed by atoms with Gasteiger partial charge < -0.3 is 14.0 Å². The summed E-state index contributed by atoms with van der Waals surface area (Å²) in [5, 5.41) is 0. The Morgan fingerprint density at radius 3 is 2.60 bits per heavy atom. The van der Waals surface area contributed by atoms with Gasteiger partial charge in [0.05, 0.1) is 12.5 Å². The van der Waals surface area contributed by atoms with Gasteiger partial charge >= 0.3 is 5.97 Å². The van der Waals surface area contributed by atoms with Gasteiger partial charge in [-0.25, -0.2) is 14.2 Å². The molecule has 0 bridgehead atoms. The lowest BCUT2D eigenvalue weighted by Crippen LogP contribution is -2.17. The quantitative estimate of drug-likeness (QED) is 0.305. The molecule has 2 aromatic heterocycles. The van der Waals surface area contributed by atoms with E-state index >= 15 is 0 Å². The van der Waals surface area contributed by atoms with Gasteiger partial charge in [0.15, 0.2) is 12.3 Å². The number of esters is 1. The Bertz CT molecular complexity index is 1040. The van der Waals surface area contributed by atoms with Gasteiger partial charge in [-0.3, -0.25) is 9.36 Å². The molecule has 3 rings (SSSR count). The second-order valence-corrected chi connectivity index (χ2v) is 6.91. The van der Waals surface area contributed by atoms with Crippen LogP contribution in [-0.4, -0.2) is 46.2 Å². The third kappa shape index (κ3) is 4.65. The number of nitrogens with zero attached hydrogens (tertiary/aromatic N) is 3. The molecule has 0 fully saturated rings. The predicted octanol–water partition coefficient (Wildman–Crippen LogP) is 3.51. The van der Waals surface area contributed by atoms with Crippen LogP contribution < -0.4 is 0 Å². The molecular formula is C22H24FN3O4. The van der Waals surface area contributed by atoms with E-state index < -0.39 is 5.97 Å².